The van der Waals surface area contributed by atoms with Crippen LogP contribution >= 0.6 is 0 Å². The maximum absolute atomic E-state index is 12.5. The Hall–Kier alpha value is -1.89. The van der Waals surface area contributed by atoms with Gasteiger partial charge in [0.1, 0.15) is 0 Å². The Labute approximate surface area is 155 Å². The topological polar surface area (TPSA) is 78.7 Å². The second-order valence-corrected chi connectivity index (χ2v) is 7.95. The van der Waals surface area contributed by atoms with Gasteiger partial charge in [0.2, 0.25) is 11.8 Å². The van der Waals surface area contributed by atoms with Crippen molar-refractivity contribution >= 4 is 11.8 Å². The normalized spacial score (nSPS) is 21.3. The molecule has 2 amide bonds. The monoisotopic (exact) mass is 362 g/mol. The minimum atomic E-state index is -0.499. The molecule has 1 N–H and O–H groups in total. The van der Waals surface area contributed by atoms with Crippen molar-refractivity contribution in [3.8, 4) is 0 Å². The average Bonchev–Trinajstić information content (AvgIpc) is 3.01. The van der Waals surface area contributed by atoms with Crippen LogP contribution in [0.5, 0.6) is 0 Å². The van der Waals surface area contributed by atoms with E-state index < -0.39 is 6.10 Å². The molecule has 144 valence electrons. The fraction of sp³-hybridized carbons (Fsp3) is 0.737. The summed E-state index contributed by atoms with van der Waals surface area (Å²) in [5, 5.41) is 13.9. The Balaban J connectivity index is 1.51. The summed E-state index contributed by atoms with van der Waals surface area (Å²) in [5.74, 6) is 0.326. The second kappa shape index (κ2) is 7.78. The molecular formula is C19H30N4O3. The molecule has 7 heteroatoms. The third-order valence-corrected chi connectivity index (χ3v) is 5.88. The molecule has 2 aliphatic heterocycles. The number of aryl methyl sites for hydroxylation is 2. The maximum Gasteiger partial charge on any atom is 0.224 e. The molecule has 0 unspecified atom stereocenters. The molecule has 1 aromatic heterocycles. The maximum atomic E-state index is 12.5. The van der Waals surface area contributed by atoms with Gasteiger partial charge in [-0.25, -0.2) is 0 Å². The fourth-order valence-corrected chi connectivity index (χ4v) is 4.22. The molecule has 2 aliphatic rings. The number of carbonyl (C=O) groups excluding carboxylic acids is 2. The number of aromatic nitrogens is 2. The van der Waals surface area contributed by atoms with Crippen molar-refractivity contribution in [2.75, 3.05) is 26.2 Å². The first-order chi connectivity index (χ1) is 12.4. The summed E-state index contributed by atoms with van der Waals surface area (Å²) in [5.41, 5.74) is 1.18. The van der Waals surface area contributed by atoms with E-state index in [1.54, 1.807) is 13.1 Å². The van der Waals surface area contributed by atoms with Gasteiger partial charge in [0.25, 0.3) is 0 Å². The Morgan fingerprint density at radius 1 is 1.35 bits per heavy atom. The highest BCUT2D eigenvalue weighted by Crippen LogP contribution is 2.40. The van der Waals surface area contributed by atoms with Crippen LogP contribution in [0.25, 0.3) is 0 Å². The zero-order valence-corrected chi connectivity index (χ0v) is 15.9. The largest absolute Gasteiger partial charge is 0.392 e. The molecule has 3 heterocycles. The van der Waals surface area contributed by atoms with Gasteiger partial charge in [0, 0.05) is 57.5 Å². The van der Waals surface area contributed by atoms with Crippen molar-refractivity contribution in [1.29, 1.82) is 0 Å². The number of β-amino-alcohol motifs (C(OH)–C–C–N with tert-alkyl or cyclic N) is 1. The first-order valence-electron chi connectivity index (χ1n) is 9.61. The van der Waals surface area contributed by atoms with Crippen molar-refractivity contribution in [3.63, 3.8) is 0 Å². The fourth-order valence-electron chi connectivity index (χ4n) is 4.22. The number of aliphatic hydroxyl groups excluding tert-OH is 1. The highest BCUT2D eigenvalue weighted by Gasteiger charge is 2.41. The van der Waals surface area contributed by atoms with Gasteiger partial charge in [-0.2, -0.15) is 5.10 Å². The van der Waals surface area contributed by atoms with Crippen LogP contribution in [0.1, 0.15) is 44.7 Å². The number of likely N-dealkylation sites (tertiary alicyclic amines) is 2. The highest BCUT2D eigenvalue weighted by atomic mass is 16.3. The number of nitrogens with zero attached hydrogens (tertiary/aromatic N) is 4. The smallest absolute Gasteiger partial charge is 0.224 e. The molecule has 2 saturated heterocycles. The number of aliphatic hydroxyl groups is 1. The van der Waals surface area contributed by atoms with E-state index in [-0.39, 0.29) is 17.2 Å². The summed E-state index contributed by atoms with van der Waals surface area (Å²) in [6, 6.07) is 1.94. The first kappa shape index (κ1) is 18.9. The molecule has 7 nitrogen and oxygen atoms in total. The van der Waals surface area contributed by atoms with Crippen molar-refractivity contribution in [2.45, 2.75) is 58.6 Å². The van der Waals surface area contributed by atoms with Crippen molar-refractivity contribution in [3.05, 3.63) is 18.0 Å². The molecule has 1 aromatic rings. The lowest BCUT2D eigenvalue weighted by Crippen LogP contribution is -2.53. The number of hydrogen-bond donors (Lipinski definition) is 1. The van der Waals surface area contributed by atoms with Gasteiger partial charge in [-0.05, 0) is 44.6 Å². The lowest BCUT2D eigenvalue weighted by atomic mass is 9.72. The Bertz CT molecular complexity index is 647. The van der Waals surface area contributed by atoms with Crippen LogP contribution in [0, 0.1) is 12.3 Å². The van der Waals surface area contributed by atoms with Gasteiger partial charge in [-0.3, -0.25) is 14.3 Å². The van der Waals surface area contributed by atoms with Crippen LogP contribution < -0.4 is 0 Å². The third-order valence-electron chi connectivity index (χ3n) is 5.88. The van der Waals surface area contributed by atoms with E-state index in [4.69, 9.17) is 0 Å². The van der Waals surface area contributed by atoms with Gasteiger partial charge in [-0.1, -0.05) is 0 Å². The first-order valence-corrected chi connectivity index (χ1v) is 9.61. The second-order valence-electron chi connectivity index (χ2n) is 7.95. The summed E-state index contributed by atoms with van der Waals surface area (Å²) < 4.78 is 1.87. The van der Waals surface area contributed by atoms with Crippen molar-refractivity contribution in [2.24, 2.45) is 5.41 Å². The lowest BCUT2D eigenvalue weighted by molar-refractivity contribution is -0.143. The van der Waals surface area contributed by atoms with Gasteiger partial charge in [0.15, 0.2) is 0 Å². The minimum absolute atomic E-state index is 0.109. The summed E-state index contributed by atoms with van der Waals surface area (Å²) in [6.07, 6.45) is 5.06. The standard InChI is InChI=1S/C19H30N4O3/c1-15-4-9-20-23(15)10-5-18(26)21-11-7-19(8-12-21)6-3-17(25)22(14-19)13-16(2)24/h4,9,16,24H,3,5-8,10-14H2,1-2H3/t16-/m1/s1. The summed E-state index contributed by atoms with van der Waals surface area (Å²) in [6.45, 7) is 6.97. The third kappa shape index (κ3) is 4.26. The van der Waals surface area contributed by atoms with E-state index in [2.05, 4.69) is 5.10 Å². The van der Waals surface area contributed by atoms with Crippen LogP contribution in [0.15, 0.2) is 12.3 Å². The van der Waals surface area contributed by atoms with Crippen molar-refractivity contribution < 1.29 is 14.7 Å². The van der Waals surface area contributed by atoms with Crippen LogP contribution in [0.4, 0.5) is 0 Å². The Kier molecular flexibility index (Phi) is 5.65. The number of piperidine rings is 2. The van der Waals surface area contributed by atoms with E-state index in [1.807, 2.05) is 27.5 Å². The summed E-state index contributed by atoms with van der Waals surface area (Å²) in [7, 11) is 0. The zero-order chi connectivity index (χ0) is 18.7. The summed E-state index contributed by atoms with van der Waals surface area (Å²) >= 11 is 0. The quantitative estimate of drug-likeness (QED) is 0.853. The molecule has 0 saturated carbocycles. The molecule has 1 spiro atoms. The molecule has 3 rings (SSSR count). The Morgan fingerprint density at radius 3 is 2.69 bits per heavy atom. The number of carbonyl (C=O) groups is 2. The Morgan fingerprint density at radius 2 is 2.08 bits per heavy atom. The van der Waals surface area contributed by atoms with Gasteiger partial charge < -0.3 is 14.9 Å². The predicted octanol–water partition coefficient (Wildman–Crippen LogP) is 1.19. The van der Waals surface area contributed by atoms with Crippen LogP contribution in [0.3, 0.4) is 0 Å². The highest BCUT2D eigenvalue weighted by molar-refractivity contribution is 5.77. The summed E-state index contributed by atoms with van der Waals surface area (Å²) in [4.78, 5) is 28.4. The molecule has 0 aliphatic carbocycles. The van der Waals surface area contributed by atoms with Crippen molar-refractivity contribution in [1.82, 2.24) is 19.6 Å². The van der Waals surface area contributed by atoms with E-state index in [0.717, 1.165) is 38.0 Å². The van der Waals surface area contributed by atoms with Gasteiger partial charge in [-0.15, -0.1) is 0 Å². The minimum Gasteiger partial charge on any atom is -0.392 e. The van der Waals surface area contributed by atoms with E-state index in [0.29, 0.717) is 32.5 Å². The SMILES string of the molecule is Cc1ccnn1CCC(=O)N1CCC2(CCC(=O)N(C[C@@H](C)O)C2)CC1. The zero-order valence-electron chi connectivity index (χ0n) is 15.9. The molecule has 0 aromatic carbocycles. The molecule has 1 atom stereocenters. The number of rotatable bonds is 5. The predicted molar refractivity (Wildman–Crippen MR) is 97.3 cm³/mol. The van der Waals surface area contributed by atoms with Crippen LogP contribution in [0.2, 0.25) is 0 Å². The van der Waals surface area contributed by atoms with E-state index in [1.165, 1.54) is 0 Å². The van der Waals surface area contributed by atoms with Crippen LogP contribution in [-0.2, 0) is 16.1 Å². The average molecular weight is 362 g/mol. The molecule has 0 radical (unpaired) electrons. The van der Waals surface area contributed by atoms with Gasteiger partial charge in [0.05, 0.1) is 6.10 Å². The van der Waals surface area contributed by atoms with Crippen LogP contribution in [-0.4, -0.2) is 68.8 Å². The van der Waals surface area contributed by atoms with E-state index in [9.17, 15) is 14.7 Å². The molecule has 0 bridgehead atoms. The number of amides is 2. The molecule has 2 fully saturated rings. The molecular weight excluding hydrogens is 332 g/mol. The number of hydrogen-bond acceptors (Lipinski definition) is 4. The lowest BCUT2D eigenvalue weighted by Gasteiger charge is -2.47. The molecule has 26 heavy (non-hydrogen) atoms. The van der Waals surface area contributed by atoms with E-state index >= 15 is 0 Å². The van der Waals surface area contributed by atoms with Gasteiger partial charge >= 0.3 is 0 Å².